The highest BCUT2D eigenvalue weighted by molar-refractivity contribution is 5.98. The minimum Gasteiger partial charge on any atom is -0.366 e. The Bertz CT molecular complexity index is 550. The number of rotatable bonds is 6. The van der Waals surface area contributed by atoms with Gasteiger partial charge in [-0.05, 0) is 38.0 Å². The van der Waals surface area contributed by atoms with Crippen LogP contribution in [-0.2, 0) is 4.79 Å². The predicted molar refractivity (Wildman–Crippen MR) is 112 cm³/mol. The molecule has 2 nitrogen and oxygen atoms in total. The van der Waals surface area contributed by atoms with Gasteiger partial charge in [-0.25, -0.2) is 0 Å². The molecule has 0 saturated heterocycles. The quantitative estimate of drug-likeness (QED) is 0.345. The summed E-state index contributed by atoms with van der Waals surface area (Å²) in [6.07, 6.45) is 12.3. The van der Waals surface area contributed by atoms with Crippen molar-refractivity contribution in [3.8, 4) is 11.8 Å². The summed E-state index contributed by atoms with van der Waals surface area (Å²) >= 11 is 0. The summed E-state index contributed by atoms with van der Waals surface area (Å²) in [5, 5.41) is 0. The normalized spacial score (nSPS) is 19.7. The number of carbonyl (C=O) groups excluding carboxylic acids is 1. The lowest BCUT2D eigenvalue weighted by Crippen LogP contribution is -2.21. The van der Waals surface area contributed by atoms with E-state index in [0.717, 1.165) is 18.4 Å². The van der Waals surface area contributed by atoms with E-state index < -0.39 is 5.91 Å². The molecule has 2 unspecified atom stereocenters. The maximum atomic E-state index is 12.1. The maximum absolute atomic E-state index is 12.1. The van der Waals surface area contributed by atoms with Crippen molar-refractivity contribution in [2.75, 3.05) is 0 Å². The van der Waals surface area contributed by atoms with E-state index >= 15 is 0 Å². The third kappa shape index (κ3) is 7.02. The Morgan fingerprint density at radius 2 is 1.62 bits per heavy atom. The van der Waals surface area contributed by atoms with Crippen LogP contribution in [0.25, 0.3) is 0 Å². The highest BCUT2D eigenvalue weighted by Gasteiger charge is 2.22. The molecule has 0 radical (unpaired) electrons. The van der Waals surface area contributed by atoms with Gasteiger partial charge in [-0.15, -0.1) is 0 Å². The molecule has 0 bridgehead atoms. The van der Waals surface area contributed by atoms with Crippen LogP contribution >= 0.6 is 0 Å². The molecule has 1 saturated carbocycles. The summed E-state index contributed by atoms with van der Waals surface area (Å²) in [7, 11) is 0. The first kappa shape index (κ1) is 22.6. The summed E-state index contributed by atoms with van der Waals surface area (Å²) in [6, 6.07) is 0. The molecule has 2 atom stereocenters. The van der Waals surface area contributed by atoms with Crippen LogP contribution in [0.1, 0.15) is 91.9 Å². The Morgan fingerprint density at radius 3 is 2.08 bits per heavy atom. The average molecular weight is 358 g/mol. The lowest BCUT2D eigenvalue weighted by molar-refractivity contribution is -0.114. The first-order chi connectivity index (χ1) is 12.4. The van der Waals surface area contributed by atoms with Gasteiger partial charge in [-0.3, -0.25) is 4.79 Å². The lowest BCUT2D eigenvalue weighted by atomic mass is 9.80. The van der Waals surface area contributed by atoms with Crippen LogP contribution in [0.4, 0.5) is 0 Å². The highest BCUT2D eigenvalue weighted by atomic mass is 16.1. The third-order valence-electron chi connectivity index (χ3n) is 6.05. The van der Waals surface area contributed by atoms with Gasteiger partial charge in [0, 0.05) is 11.5 Å². The number of hydrogen-bond donors (Lipinski definition) is 1. The molecule has 1 amide bonds. The molecule has 1 aliphatic rings. The smallest absolute Gasteiger partial charge is 0.249 e. The predicted octanol–water partition coefficient (Wildman–Crippen LogP) is 6.17. The van der Waals surface area contributed by atoms with Gasteiger partial charge >= 0.3 is 0 Å². The molecule has 0 heterocycles. The Hall–Kier alpha value is -1.49. The second-order valence-corrected chi connectivity index (χ2v) is 7.97. The Labute approximate surface area is 161 Å². The molecular weight excluding hydrogens is 318 g/mol. The van der Waals surface area contributed by atoms with E-state index in [1.165, 1.54) is 51.4 Å². The largest absolute Gasteiger partial charge is 0.366 e. The Balaban J connectivity index is 3.01. The van der Waals surface area contributed by atoms with Crippen LogP contribution in [0.5, 0.6) is 0 Å². The maximum Gasteiger partial charge on any atom is 0.249 e. The average Bonchev–Trinajstić information content (AvgIpc) is 2.74. The number of hydrogen-bond acceptors (Lipinski definition) is 1. The zero-order chi connectivity index (χ0) is 19.5. The van der Waals surface area contributed by atoms with Crippen LogP contribution in [-0.4, -0.2) is 5.91 Å². The van der Waals surface area contributed by atoms with Crippen LogP contribution in [0.15, 0.2) is 23.3 Å². The molecule has 2 heteroatoms. The van der Waals surface area contributed by atoms with Crippen molar-refractivity contribution in [2.24, 2.45) is 23.5 Å². The Morgan fingerprint density at radius 1 is 1.08 bits per heavy atom. The van der Waals surface area contributed by atoms with E-state index in [9.17, 15) is 4.79 Å². The number of amides is 1. The molecule has 0 aromatic carbocycles. The molecular formula is C24H39NO. The van der Waals surface area contributed by atoms with Crippen molar-refractivity contribution in [2.45, 2.75) is 91.9 Å². The fourth-order valence-electron chi connectivity index (χ4n) is 4.22. The van der Waals surface area contributed by atoms with Crippen molar-refractivity contribution >= 4 is 5.91 Å². The van der Waals surface area contributed by atoms with Gasteiger partial charge in [0.15, 0.2) is 0 Å². The summed E-state index contributed by atoms with van der Waals surface area (Å²) in [5.41, 5.74) is 7.95. The summed E-state index contributed by atoms with van der Waals surface area (Å²) < 4.78 is 0. The van der Waals surface area contributed by atoms with E-state index in [1.54, 1.807) is 0 Å². The fraction of sp³-hybridized carbons (Fsp3) is 0.708. The van der Waals surface area contributed by atoms with Gasteiger partial charge in [0.25, 0.3) is 0 Å². The summed E-state index contributed by atoms with van der Waals surface area (Å²) in [4.78, 5) is 12.1. The molecule has 146 valence electrons. The van der Waals surface area contributed by atoms with Gasteiger partial charge in [0.1, 0.15) is 0 Å². The second-order valence-electron chi connectivity index (χ2n) is 7.97. The van der Waals surface area contributed by atoms with Crippen molar-refractivity contribution in [3.05, 3.63) is 23.3 Å². The van der Waals surface area contributed by atoms with Crippen LogP contribution in [0, 0.1) is 29.6 Å². The second kappa shape index (κ2) is 12.0. The topological polar surface area (TPSA) is 43.1 Å². The van der Waals surface area contributed by atoms with E-state index in [4.69, 9.17) is 5.73 Å². The van der Waals surface area contributed by atoms with Gasteiger partial charge in [-0.1, -0.05) is 89.7 Å². The molecule has 1 aliphatic carbocycles. The van der Waals surface area contributed by atoms with Crippen LogP contribution < -0.4 is 5.73 Å². The Kier molecular flexibility index (Phi) is 10.4. The number of nitrogens with two attached hydrogens (primary N) is 1. The third-order valence-corrected chi connectivity index (χ3v) is 6.05. The van der Waals surface area contributed by atoms with Crippen LogP contribution in [0.2, 0.25) is 0 Å². The van der Waals surface area contributed by atoms with Gasteiger partial charge in [0.05, 0.1) is 5.57 Å². The number of allylic oxidation sites excluding steroid dienone is 1. The molecule has 0 aromatic rings. The van der Waals surface area contributed by atoms with Gasteiger partial charge in [-0.2, -0.15) is 0 Å². The zero-order valence-electron chi connectivity index (χ0n) is 17.5. The summed E-state index contributed by atoms with van der Waals surface area (Å²) in [5.74, 6) is 7.54. The van der Waals surface area contributed by atoms with Crippen molar-refractivity contribution in [1.29, 1.82) is 0 Å². The van der Waals surface area contributed by atoms with Crippen molar-refractivity contribution < 1.29 is 4.79 Å². The van der Waals surface area contributed by atoms with E-state index in [2.05, 4.69) is 39.2 Å². The van der Waals surface area contributed by atoms with Gasteiger partial charge in [0.2, 0.25) is 5.91 Å². The number of primary amides is 1. The standard InChI is InChI=1S/C24H39NO/c1-6-18(3)22(7-2)20(5)23(24(25)26)19(4)16-17-21-14-12-10-8-9-11-13-15-21/h18,21-22H,4,6-15H2,1-3,5H3,(H2,25,26)/b23-20+. The van der Waals surface area contributed by atoms with Crippen molar-refractivity contribution in [3.63, 3.8) is 0 Å². The summed E-state index contributed by atoms with van der Waals surface area (Å²) in [6.45, 7) is 12.7. The van der Waals surface area contributed by atoms with E-state index in [-0.39, 0.29) is 0 Å². The molecule has 0 aliphatic heterocycles. The first-order valence-corrected chi connectivity index (χ1v) is 10.6. The van der Waals surface area contributed by atoms with Gasteiger partial charge < -0.3 is 5.73 Å². The molecule has 0 aromatic heterocycles. The minimum atomic E-state index is -0.391. The monoisotopic (exact) mass is 357 g/mol. The minimum absolute atomic E-state index is 0.353. The van der Waals surface area contributed by atoms with Crippen LogP contribution in [0.3, 0.4) is 0 Å². The first-order valence-electron chi connectivity index (χ1n) is 10.6. The molecule has 1 fully saturated rings. The molecule has 26 heavy (non-hydrogen) atoms. The molecule has 1 rings (SSSR count). The lowest BCUT2D eigenvalue weighted by Gasteiger charge is -2.24. The SMILES string of the molecule is C=C(C#CC1CCCCCCCC1)/C(C(N)=O)=C(/C)C(CC)C(C)CC. The number of carbonyl (C=O) groups is 1. The molecule has 0 spiro atoms. The van der Waals surface area contributed by atoms with Crippen molar-refractivity contribution in [1.82, 2.24) is 0 Å². The van der Waals surface area contributed by atoms with E-state index in [0.29, 0.717) is 28.9 Å². The fourth-order valence-corrected chi connectivity index (χ4v) is 4.22. The molecule has 2 N–H and O–H groups in total. The zero-order valence-corrected chi connectivity index (χ0v) is 17.5. The highest BCUT2D eigenvalue weighted by Crippen LogP contribution is 2.30. The van der Waals surface area contributed by atoms with E-state index in [1.807, 2.05) is 6.92 Å².